The van der Waals surface area contributed by atoms with E-state index in [9.17, 15) is 9.59 Å². The molecule has 2 aromatic heterocycles. The van der Waals surface area contributed by atoms with Crippen LogP contribution in [0.4, 0.5) is 5.13 Å². The van der Waals surface area contributed by atoms with Crippen LogP contribution in [-0.2, 0) is 4.79 Å². The molecule has 0 radical (unpaired) electrons. The van der Waals surface area contributed by atoms with Crippen molar-refractivity contribution >= 4 is 28.2 Å². The van der Waals surface area contributed by atoms with Crippen molar-refractivity contribution in [3.8, 4) is 17.1 Å². The van der Waals surface area contributed by atoms with Crippen molar-refractivity contribution in [2.24, 2.45) is 0 Å². The second-order valence-electron chi connectivity index (χ2n) is 5.42. The molecule has 6 nitrogen and oxygen atoms in total. The van der Waals surface area contributed by atoms with Crippen LogP contribution in [0.3, 0.4) is 0 Å². The summed E-state index contributed by atoms with van der Waals surface area (Å²) in [7, 11) is 1.51. The molecule has 0 aliphatic heterocycles. The molecule has 0 saturated carbocycles. The lowest BCUT2D eigenvalue weighted by Crippen LogP contribution is -2.13. The minimum atomic E-state index is -0.254. The van der Waals surface area contributed by atoms with E-state index < -0.39 is 0 Å². The van der Waals surface area contributed by atoms with Crippen LogP contribution < -0.4 is 10.1 Å². The molecule has 0 aliphatic rings. The lowest BCUT2D eigenvalue weighted by Gasteiger charge is -2.07. The number of amides is 1. The lowest BCUT2D eigenvalue weighted by molar-refractivity contribution is -0.116. The van der Waals surface area contributed by atoms with Crippen LogP contribution in [0.25, 0.3) is 11.4 Å². The molecule has 0 atom stereocenters. The van der Waals surface area contributed by atoms with Crippen LogP contribution in [0.2, 0.25) is 0 Å². The molecule has 132 valence electrons. The first kappa shape index (κ1) is 17.8. The molecule has 7 heteroatoms. The monoisotopic (exact) mass is 367 g/mol. The SMILES string of the molecule is COc1ccccc1C(=O)CCC(=O)Nc1nc(-c2ccccn2)cs1. The standard InChI is InChI=1S/C19H17N3O3S/c1-25-17-8-3-2-6-13(17)16(23)9-10-18(24)22-19-21-15(12-26-19)14-7-4-5-11-20-14/h2-8,11-12H,9-10H2,1H3,(H,21,22,24). The van der Waals surface area contributed by atoms with Crippen molar-refractivity contribution in [3.63, 3.8) is 0 Å². The van der Waals surface area contributed by atoms with E-state index in [1.54, 1.807) is 30.5 Å². The Hall–Kier alpha value is -3.06. The second kappa shape index (κ2) is 8.35. The van der Waals surface area contributed by atoms with E-state index in [1.807, 2.05) is 23.6 Å². The number of nitrogens with zero attached hydrogens (tertiary/aromatic N) is 2. The highest BCUT2D eigenvalue weighted by atomic mass is 32.1. The first-order chi connectivity index (χ1) is 12.7. The molecule has 3 aromatic rings. The fourth-order valence-electron chi connectivity index (χ4n) is 2.38. The number of thiazole rings is 1. The molecule has 3 rings (SSSR count). The van der Waals surface area contributed by atoms with E-state index in [1.165, 1.54) is 18.4 Å². The Morgan fingerprint density at radius 2 is 1.88 bits per heavy atom. The molecule has 0 saturated heterocycles. The van der Waals surface area contributed by atoms with Gasteiger partial charge in [-0.1, -0.05) is 18.2 Å². The molecule has 0 bridgehead atoms. The van der Waals surface area contributed by atoms with Gasteiger partial charge in [0.2, 0.25) is 5.91 Å². The van der Waals surface area contributed by atoms with Gasteiger partial charge in [-0.3, -0.25) is 14.6 Å². The highest BCUT2D eigenvalue weighted by molar-refractivity contribution is 7.14. The molecular weight excluding hydrogens is 350 g/mol. The second-order valence-corrected chi connectivity index (χ2v) is 6.28. The van der Waals surface area contributed by atoms with E-state index in [0.29, 0.717) is 22.1 Å². The Labute approximate surface area is 154 Å². The number of rotatable bonds is 7. The Bertz CT molecular complexity index is 909. The van der Waals surface area contributed by atoms with Crippen molar-refractivity contribution in [2.45, 2.75) is 12.8 Å². The molecule has 0 unspecified atom stereocenters. The molecule has 0 aliphatic carbocycles. The summed E-state index contributed by atoms with van der Waals surface area (Å²) in [5.74, 6) is 0.124. The zero-order chi connectivity index (χ0) is 18.4. The fraction of sp³-hybridized carbons (Fsp3) is 0.158. The number of hydrogen-bond donors (Lipinski definition) is 1. The van der Waals surface area contributed by atoms with Crippen molar-refractivity contribution < 1.29 is 14.3 Å². The molecule has 0 spiro atoms. The number of anilines is 1. The third-order valence-corrected chi connectivity index (χ3v) is 4.42. The van der Waals surface area contributed by atoms with E-state index >= 15 is 0 Å². The number of benzene rings is 1. The van der Waals surface area contributed by atoms with Gasteiger partial charge in [-0.25, -0.2) is 4.98 Å². The number of pyridine rings is 1. The highest BCUT2D eigenvalue weighted by Crippen LogP contribution is 2.24. The summed E-state index contributed by atoms with van der Waals surface area (Å²) >= 11 is 1.32. The first-order valence-corrected chi connectivity index (χ1v) is 8.88. The zero-order valence-electron chi connectivity index (χ0n) is 14.1. The van der Waals surface area contributed by atoms with Crippen molar-refractivity contribution in [2.75, 3.05) is 12.4 Å². The number of ether oxygens (including phenoxy) is 1. The largest absolute Gasteiger partial charge is 0.496 e. The van der Waals surface area contributed by atoms with Gasteiger partial charge in [0.05, 0.1) is 18.4 Å². The number of aromatic nitrogens is 2. The molecule has 26 heavy (non-hydrogen) atoms. The molecule has 2 heterocycles. The van der Waals surface area contributed by atoms with Gasteiger partial charge >= 0.3 is 0 Å². The fourth-order valence-corrected chi connectivity index (χ4v) is 3.10. The van der Waals surface area contributed by atoms with Gasteiger partial charge in [-0.15, -0.1) is 11.3 Å². The third kappa shape index (κ3) is 4.31. The van der Waals surface area contributed by atoms with Crippen molar-refractivity contribution in [3.05, 3.63) is 59.6 Å². The molecule has 1 N–H and O–H groups in total. The maximum absolute atomic E-state index is 12.3. The summed E-state index contributed by atoms with van der Waals surface area (Å²) < 4.78 is 5.18. The van der Waals surface area contributed by atoms with E-state index in [0.717, 1.165) is 5.69 Å². The third-order valence-electron chi connectivity index (χ3n) is 3.66. The quantitative estimate of drug-likeness (QED) is 0.642. The minimum Gasteiger partial charge on any atom is -0.496 e. The number of hydrogen-bond acceptors (Lipinski definition) is 6. The lowest BCUT2D eigenvalue weighted by atomic mass is 10.1. The Kier molecular flexibility index (Phi) is 5.70. The van der Waals surface area contributed by atoms with Gasteiger partial charge < -0.3 is 10.1 Å². The number of para-hydroxylation sites is 1. The molecular formula is C19H17N3O3S. The number of ketones is 1. The van der Waals surface area contributed by atoms with Crippen molar-refractivity contribution in [1.29, 1.82) is 0 Å². The predicted molar refractivity (Wildman–Crippen MR) is 101 cm³/mol. The average Bonchev–Trinajstić information content (AvgIpc) is 3.15. The van der Waals surface area contributed by atoms with Crippen molar-refractivity contribution in [1.82, 2.24) is 9.97 Å². The average molecular weight is 367 g/mol. The Morgan fingerprint density at radius 1 is 1.08 bits per heavy atom. The topological polar surface area (TPSA) is 81.2 Å². The van der Waals surface area contributed by atoms with Crippen LogP contribution in [-0.4, -0.2) is 28.8 Å². The minimum absolute atomic E-state index is 0.0788. The summed E-state index contributed by atoms with van der Waals surface area (Å²) in [6.07, 6.45) is 1.87. The molecule has 0 fully saturated rings. The number of Topliss-reactive ketones (excluding diaryl/α,β-unsaturated/α-hetero) is 1. The van der Waals surface area contributed by atoms with Crippen LogP contribution in [0.15, 0.2) is 54.0 Å². The number of carbonyl (C=O) groups excluding carboxylic acids is 2. The van der Waals surface area contributed by atoms with Gasteiger partial charge in [0.1, 0.15) is 11.4 Å². The zero-order valence-corrected chi connectivity index (χ0v) is 15.0. The van der Waals surface area contributed by atoms with Gasteiger partial charge in [-0.05, 0) is 24.3 Å². The van der Waals surface area contributed by atoms with Gasteiger partial charge in [0.15, 0.2) is 10.9 Å². The number of carbonyl (C=O) groups is 2. The Morgan fingerprint density at radius 3 is 2.65 bits per heavy atom. The normalized spacial score (nSPS) is 10.3. The molecule has 1 aromatic carbocycles. The van der Waals surface area contributed by atoms with E-state index in [-0.39, 0.29) is 24.5 Å². The summed E-state index contributed by atoms with van der Waals surface area (Å²) in [5, 5.41) is 5.04. The highest BCUT2D eigenvalue weighted by Gasteiger charge is 2.14. The number of methoxy groups -OCH3 is 1. The number of nitrogens with one attached hydrogen (secondary N) is 1. The van der Waals surface area contributed by atoms with E-state index in [4.69, 9.17) is 4.74 Å². The van der Waals surface area contributed by atoms with Crippen LogP contribution in [0, 0.1) is 0 Å². The smallest absolute Gasteiger partial charge is 0.226 e. The van der Waals surface area contributed by atoms with Gasteiger partial charge in [0.25, 0.3) is 0 Å². The predicted octanol–water partition coefficient (Wildman–Crippen LogP) is 3.82. The van der Waals surface area contributed by atoms with Crippen LogP contribution in [0.5, 0.6) is 5.75 Å². The summed E-state index contributed by atoms with van der Waals surface area (Å²) in [5.41, 5.74) is 1.93. The summed E-state index contributed by atoms with van der Waals surface area (Å²) in [6, 6.07) is 12.5. The maximum Gasteiger partial charge on any atom is 0.226 e. The van der Waals surface area contributed by atoms with Gasteiger partial charge in [-0.2, -0.15) is 0 Å². The van der Waals surface area contributed by atoms with Gasteiger partial charge in [0, 0.05) is 24.4 Å². The summed E-state index contributed by atoms with van der Waals surface area (Å²) in [6.45, 7) is 0. The van der Waals surface area contributed by atoms with Crippen LogP contribution in [0.1, 0.15) is 23.2 Å². The van der Waals surface area contributed by atoms with E-state index in [2.05, 4.69) is 15.3 Å². The molecule has 1 amide bonds. The maximum atomic E-state index is 12.3. The Balaban J connectivity index is 1.56. The van der Waals surface area contributed by atoms with Crippen LogP contribution >= 0.6 is 11.3 Å². The first-order valence-electron chi connectivity index (χ1n) is 8.00. The summed E-state index contributed by atoms with van der Waals surface area (Å²) in [4.78, 5) is 33.0.